The van der Waals surface area contributed by atoms with Gasteiger partial charge in [-0.05, 0) is 24.8 Å². The molecule has 2 heterocycles. The van der Waals surface area contributed by atoms with Crippen molar-refractivity contribution >= 4 is 0 Å². The molecule has 5 nitrogen and oxygen atoms in total. The van der Waals surface area contributed by atoms with E-state index in [2.05, 4.69) is 22.3 Å². The average molecular weight is 286 g/mol. The zero-order valence-electron chi connectivity index (χ0n) is 11.7. The van der Waals surface area contributed by atoms with Crippen LogP contribution in [0.25, 0.3) is 0 Å². The van der Waals surface area contributed by atoms with E-state index in [4.69, 9.17) is 9.26 Å². The molecule has 1 saturated heterocycles. The smallest absolute Gasteiger partial charge is 0.234 e. The normalized spacial score (nSPS) is 27.5. The number of hydrogen-bond acceptors (Lipinski definition) is 5. The third-order valence-electron chi connectivity index (χ3n) is 4.58. The van der Waals surface area contributed by atoms with Gasteiger partial charge in [0.25, 0.3) is 0 Å². The van der Waals surface area contributed by atoms with E-state index in [1.165, 1.54) is 5.56 Å². The molecule has 4 rings (SSSR count). The fraction of sp³-hybridized carbons (Fsp3) is 0.500. The molecule has 2 unspecified atom stereocenters. The zero-order valence-corrected chi connectivity index (χ0v) is 11.7. The van der Waals surface area contributed by atoms with Crippen LogP contribution >= 0.6 is 0 Å². The van der Waals surface area contributed by atoms with Gasteiger partial charge in [0.15, 0.2) is 5.82 Å². The van der Waals surface area contributed by atoms with Gasteiger partial charge in [-0.2, -0.15) is 4.98 Å². The second kappa shape index (κ2) is 4.93. The summed E-state index contributed by atoms with van der Waals surface area (Å²) < 4.78 is 10.8. The van der Waals surface area contributed by atoms with Crippen LogP contribution < -0.4 is 0 Å². The van der Waals surface area contributed by atoms with E-state index in [1.807, 2.05) is 18.2 Å². The highest BCUT2D eigenvalue weighted by Crippen LogP contribution is 2.52. The van der Waals surface area contributed by atoms with E-state index in [0.717, 1.165) is 18.7 Å². The molecular formula is C16H18N2O3. The Bertz CT molecular complexity index is 621. The van der Waals surface area contributed by atoms with Gasteiger partial charge >= 0.3 is 0 Å². The minimum absolute atomic E-state index is 0.0938. The fourth-order valence-electron chi connectivity index (χ4n) is 3.07. The highest BCUT2D eigenvalue weighted by atomic mass is 16.5. The maximum absolute atomic E-state index is 10.1. The Hall–Kier alpha value is -1.72. The van der Waals surface area contributed by atoms with Crippen LogP contribution in [0.15, 0.2) is 34.9 Å². The first-order chi connectivity index (χ1) is 10.3. The molecule has 2 fully saturated rings. The number of nitrogens with zero attached hydrogens (tertiary/aromatic N) is 2. The lowest BCUT2D eigenvalue weighted by atomic mass is 9.95. The molecule has 0 spiro atoms. The Morgan fingerprint density at radius 2 is 2.00 bits per heavy atom. The van der Waals surface area contributed by atoms with Crippen LogP contribution in [0.4, 0.5) is 0 Å². The van der Waals surface area contributed by atoms with Gasteiger partial charge in [0.05, 0.1) is 24.0 Å². The monoisotopic (exact) mass is 286 g/mol. The van der Waals surface area contributed by atoms with E-state index < -0.39 is 6.10 Å². The highest BCUT2D eigenvalue weighted by molar-refractivity contribution is 5.38. The molecule has 1 saturated carbocycles. The number of ether oxygens (including phenoxy) is 1. The minimum atomic E-state index is -0.459. The topological polar surface area (TPSA) is 68.4 Å². The molecule has 1 aliphatic carbocycles. The molecule has 2 aliphatic rings. The lowest BCUT2D eigenvalue weighted by molar-refractivity contribution is -0.0149. The van der Waals surface area contributed by atoms with Gasteiger partial charge in [0.1, 0.15) is 0 Å². The van der Waals surface area contributed by atoms with Crippen molar-refractivity contribution in [2.24, 2.45) is 0 Å². The van der Waals surface area contributed by atoms with E-state index in [1.54, 1.807) is 0 Å². The van der Waals surface area contributed by atoms with Crippen LogP contribution in [0.1, 0.15) is 42.5 Å². The van der Waals surface area contributed by atoms with Crippen LogP contribution in [0, 0.1) is 0 Å². The Morgan fingerprint density at radius 3 is 2.71 bits per heavy atom. The fourth-order valence-corrected chi connectivity index (χ4v) is 3.07. The molecule has 0 radical (unpaired) electrons. The average Bonchev–Trinajstić information content (AvgIpc) is 3.20. The molecule has 2 aromatic rings. The third kappa shape index (κ3) is 2.17. The van der Waals surface area contributed by atoms with Gasteiger partial charge in [-0.15, -0.1) is 0 Å². The first kappa shape index (κ1) is 13.0. The van der Waals surface area contributed by atoms with E-state index in [-0.39, 0.29) is 11.3 Å². The number of aromatic nitrogens is 2. The van der Waals surface area contributed by atoms with Crippen molar-refractivity contribution in [1.82, 2.24) is 10.1 Å². The van der Waals surface area contributed by atoms with Crippen molar-refractivity contribution in [1.29, 1.82) is 0 Å². The summed E-state index contributed by atoms with van der Waals surface area (Å²) in [5, 5.41) is 14.2. The van der Waals surface area contributed by atoms with Crippen molar-refractivity contribution < 1.29 is 14.4 Å². The summed E-state index contributed by atoms with van der Waals surface area (Å²) in [6.07, 6.45) is 2.24. The van der Waals surface area contributed by atoms with Crippen molar-refractivity contribution in [2.45, 2.75) is 36.7 Å². The number of aliphatic hydroxyl groups is 1. The number of hydrogen-bond donors (Lipinski definition) is 1. The Morgan fingerprint density at radius 1 is 1.19 bits per heavy atom. The highest BCUT2D eigenvalue weighted by Gasteiger charge is 2.50. The number of rotatable bonds is 3. The molecule has 110 valence electrons. The predicted octanol–water partition coefficient (Wildman–Crippen LogP) is 2.01. The van der Waals surface area contributed by atoms with Gasteiger partial charge in [0.2, 0.25) is 5.89 Å². The second-order valence-electron chi connectivity index (χ2n) is 5.94. The molecule has 0 amide bonds. The van der Waals surface area contributed by atoms with Gasteiger partial charge in [-0.3, -0.25) is 0 Å². The quantitative estimate of drug-likeness (QED) is 0.935. The van der Waals surface area contributed by atoms with Crippen molar-refractivity contribution in [3.8, 4) is 0 Å². The van der Waals surface area contributed by atoms with Crippen molar-refractivity contribution in [2.75, 3.05) is 13.2 Å². The van der Waals surface area contributed by atoms with Gasteiger partial charge in [-0.1, -0.05) is 35.5 Å². The molecule has 21 heavy (non-hydrogen) atoms. The molecule has 1 aromatic heterocycles. The maximum Gasteiger partial charge on any atom is 0.234 e. The molecule has 2 atom stereocenters. The maximum atomic E-state index is 10.1. The standard InChI is InChI=1S/C16H18N2O3/c19-13-6-9-20-10-12(13)14-17-15(18-21-14)16(7-8-16)11-4-2-1-3-5-11/h1-5,12-13,19H,6-10H2. The molecule has 1 aliphatic heterocycles. The molecule has 0 bridgehead atoms. The van der Waals surface area contributed by atoms with E-state index in [0.29, 0.717) is 25.5 Å². The van der Waals surface area contributed by atoms with Crippen LogP contribution in [-0.4, -0.2) is 34.6 Å². The predicted molar refractivity (Wildman–Crippen MR) is 74.9 cm³/mol. The largest absolute Gasteiger partial charge is 0.392 e. The zero-order chi connectivity index (χ0) is 14.3. The Balaban J connectivity index is 1.63. The molecule has 1 aromatic carbocycles. The van der Waals surface area contributed by atoms with Crippen molar-refractivity contribution in [3.63, 3.8) is 0 Å². The van der Waals surface area contributed by atoms with Crippen LogP contribution in [0.3, 0.4) is 0 Å². The summed E-state index contributed by atoms with van der Waals surface area (Å²) in [6.45, 7) is 1.04. The Kier molecular flexibility index (Phi) is 3.05. The lowest BCUT2D eigenvalue weighted by Gasteiger charge is -2.24. The summed E-state index contributed by atoms with van der Waals surface area (Å²) >= 11 is 0. The first-order valence-electron chi connectivity index (χ1n) is 7.45. The molecule has 1 N–H and O–H groups in total. The molecular weight excluding hydrogens is 268 g/mol. The van der Waals surface area contributed by atoms with Crippen molar-refractivity contribution in [3.05, 3.63) is 47.6 Å². The molecule has 5 heteroatoms. The van der Waals surface area contributed by atoms with Crippen LogP contribution in [0.5, 0.6) is 0 Å². The number of aliphatic hydroxyl groups excluding tert-OH is 1. The van der Waals surface area contributed by atoms with Gasteiger partial charge in [-0.25, -0.2) is 0 Å². The van der Waals surface area contributed by atoms with E-state index in [9.17, 15) is 5.11 Å². The summed E-state index contributed by atoms with van der Waals surface area (Å²) in [6, 6.07) is 10.3. The summed E-state index contributed by atoms with van der Waals surface area (Å²) in [4.78, 5) is 4.58. The van der Waals surface area contributed by atoms with E-state index >= 15 is 0 Å². The summed E-state index contributed by atoms with van der Waals surface area (Å²) in [5.74, 6) is 1.03. The minimum Gasteiger partial charge on any atom is -0.392 e. The van der Waals surface area contributed by atoms with Crippen LogP contribution in [-0.2, 0) is 10.2 Å². The van der Waals surface area contributed by atoms with Gasteiger partial charge in [0, 0.05) is 6.61 Å². The SMILES string of the molecule is OC1CCOCC1c1nc(C2(c3ccccc3)CC2)no1. The first-order valence-corrected chi connectivity index (χ1v) is 7.45. The lowest BCUT2D eigenvalue weighted by Crippen LogP contribution is -2.30. The summed E-state index contributed by atoms with van der Waals surface area (Å²) in [7, 11) is 0. The number of benzene rings is 1. The third-order valence-corrected chi connectivity index (χ3v) is 4.58. The van der Waals surface area contributed by atoms with Gasteiger partial charge < -0.3 is 14.4 Å². The Labute approximate surface area is 122 Å². The van der Waals surface area contributed by atoms with Crippen LogP contribution in [0.2, 0.25) is 0 Å². The second-order valence-corrected chi connectivity index (χ2v) is 5.94. The summed E-state index contributed by atoms with van der Waals surface area (Å²) in [5.41, 5.74) is 1.14.